The Morgan fingerprint density at radius 3 is 2.23 bits per heavy atom. The highest BCUT2D eigenvalue weighted by Crippen LogP contribution is 2.47. The van der Waals surface area contributed by atoms with Crippen molar-refractivity contribution in [1.82, 2.24) is 9.97 Å². The number of primary amides is 1. The quantitative estimate of drug-likeness (QED) is 0.596. The molecule has 0 aliphatic rings. The number of pyridine rings is 2. The van der Waals surface area contributed by atoms with Crippen molar-refractivity contribution in [1.29, 1.82) is 0 Å². The zero-order valence-corrected chi connectivity index (χ0v) is 18.7. The summed E-state index contributed by atoms with van der Waals surface area (Å²) in [5.74, 6) is -1.07. The molecule has 0 saturated carbocycles. The first-order chi connectivity index (χ1) is 14.6. The highest BCUT2D eigenvalue weighted by molar-refractivity contribution is 6.29. The number of carbonyl (C=O) groups is 2. The normalized spacial score (nSPS) is 13.3. The van der Waals surface area contributed by atoms with Crippen LogP contribution in [0.1, 0.15) is 42.3 Å². The summed E-state index contributed by atoms with van der Waals surface area (Å²) in [5.41, 5.74) is 6.16. The van der Waals surface area contributed by atoms with Gasteiger partial charge in [0.05, 0.1) is 5.56 Å². The van der Waals surface area contributed by atoms with Crippen LogP contribution < -0.4 is 10.6 Å². The minimum Gasteiger partial charge on any atom is -0.367 e. The van der Waals surface area contributed by atoms with Gasteiger partial charge in [-0.25, -0.2) is 4.98 Å². The fourth-order valence-electron chi connectivity index (χ4n) is 3.97. The molecular weight excluding hydrogens is 412 g/mol. The Balaban J connectivity index is 2.40. The minimum atomic E-state index is -1.51. The standard InChI is InChI=1S/C24H25ClN4O2/c1-16-6-5-7-19(14-16)29(21(30)17-8-9-20(25)28-15-17)24(22(26)31,23(2,3)4)18-10-12-27-13-11-18/h5-15H,1-4H3,(H2,26,31). The third-order valence-electron chi connectivity index (χ3n) is 5.31. The zero-order valence-electron chi connectivity index (χ0n) is 18.0. The Labute approximate surface area is 187 Å². The molecule has 0 saturated heterocycles. The van der Waals surface area contributed by atoms with E-state index in [-0.39, 0.29) is 10.7 Å². The van der Waals surface area contributed by atoms with Gasteiger partial charge in [-0.15, -0.1) is 0 Å². The number of nitrogens with two attached hydrogens (primary N) is 1. The maximum absolute atomic E-state index is 14.0. The summed E-state index contributed by atoms with van der Waals surface area (Å²) >= 11 is 5.93. The molecule has 3 aromatic rings. The van der Waals surface area contributed by atoms with E-state index in [9.17, 15) is 9.59 Å². The topological polar surface area (TPSA) is 89.2 Å². The molecule has 0 aliphatic heterocycles. The number of amides is 2. The molecule has 160 valence electrons. The van der Waals surface area contributed by atoms with Gasteiger partial charge in [-0.05, 0) is 59.9 Å². The minimum absolute atomic E-state index is 0.268. The van der Waals surface area contributed by atoms with Crippen molar-refractivity contribution in [2.75, 3.05) is 4.90 Å². The average Bonchev–Trinajstić information content (AvgIpc) is 2.71. The van der Waals surface area contributed by atoms with Crippen molar-refractivity contribution in [2.24, 2.45) is 11.1 Å². The maximum Gasteiger partial charge on any atom is 0.261 e. The van der Waals surface area contributed by atoms with Crippen LogP contribution >= 0.6 is 11.6 Å². The van der Waals surface area contributed by atoms with Gasteiger partial charge in [0, 0.05) is 24.3 Å². The Bertz CT molecular complexity index is 1090. The monoisotopic (exact) mass is 436 g/mol. The van der Waals surface area contributed by atoms with Crippen LogP contribution in [0, 0.1) is 12.3 Å². The Kier molecular flexibility index (Phi) is 6.13. The number of halogens is 1. The van der Waals surface area contributed by atoms with Crippen LogP contribution in [0.3, 0.4) is 0 Å². The molecule has 1 aromatic carbocycles. The van der Waals surface area contributed by atoms with E-state index in [4.69, 9.17) is 17.3 Å². The fraction of sp³-hybridized carbons (Fsp3) is 0.250. The molecule has 2 heterocycles. The number of aryl methyl sites for hydroxylation is 1. The summed E-state index contributed by atoms with van der Waals surface area (Å²) in [7, 11) is 0. The van der Waals surface area contributed by atoms with Crippen LogP contribution in [0.5, 0.6) is 0 Å². The molecule has 31 heavy (non-hydrogen) atoms. The molecule has 1 unspecified atom stereocenters. The number of hydrogen-bond donors (Lipinski definition) is 1. The molecule has 2 aromatic heterocycles. The molecule has 0 radical (unpaired) electrons. The summed E-state index contributed by atoms with van der Waals surface area (Å²) in [4.78, 5) is 36.9. The van der Waals surface area contributed by atoms with Crippen LogP contribution in [0.25, 0.3) is 0 Å². The van der Waals surface area contributed by atoms with Gasteiger partial charge in [-0.3, -0.25) is 19.5 Å². The van der Waals surface area contributed by atoms with Gasteiger partial charge in [0.15, 0.2) is 5.54 Å². The molecule has 3 rings (SSSR count). The number of aromatic nitrogens is 2. The molecule has 0 fully saturated rings. The van der Waals surface area contributed by atoms with E-state index in [1.54, 1.807) is 42.7 Å². The van der Waals surface area contributed by atoms with Gasteiger partial charge in [-0.1, -0.05) is 44.5 Å². The van der Waals surface area contributed by atoms with E-state index in [2.05, 4.69) is 9.97 Å². The van der Waals surface area contributed by atoms with Gasteiger partial charge >= 0.3 is 0 Å². The molecular formula is C24H25ClN4O2. The predicted molar refractivity (Wildman–Crippen MR) is 122 cm³/mol. The van der Waals surface area contributed by atoms with Gasteiger partial charge < -0.3 is 5.73 Å². The van der Waals surface area contributed by atoms with Crippen molar-refractivity contribution in [3.05, 3.63) is 89.0 Å². The molecule has 0 bridgehead atoms. The smallest absolute Gasteiger partial charge is 0.261 e. The first-order valence-electron chi connectivity index (χ1n) is 9.82. The van der Waals surface area contributed by atoms with Crippen molar-refractivity contribution in [2.45, 2.75) is 33.2 Å². The van der Waals surface area contributed by atoms with Gasteiger partial charge in [0.1, 0.15) is 5.15 Å². The summed E-state index contributed by atoms with van der Waals surface area (Å²) in [6.07, 6.45) is 4.57. The van der Waals surface area contributed by atoms with Crippen molar-refractivity contribution in [3.63, 3.8) is 0 Å². The first-order valence-corrected chi connectivity index (χ1v) is 10.2. The van der Waals surface area contributed by atoms with Gasteiger partial charge in [0.25, 0.3) is 5.91 Å². The van der Waals surface area contributed by atoms with Crippen LogP contribution in [-0.2, 0) is 10.3 Å². The highest BCUT2D eigenvalue weighted by atomic mass is 35.5. The zero-order chi connectivity index (χ0) is 22.8. The third kappa shape index (κ3) is 4.03. The van der Waals surface area contributed by atoms with Crippen LogP contribution in [0.2, 0.25) is 5.15 Å². The van der Waals surface area contributed by atoms with E-state index in [1.165, 1.54) is 11.1 Å². The maximum atomic E-state index is 14.0. The van der Waals surface area contributed by atoms with Crippen molar-refractivity contribution < 1.29 is 9.59 Å². The van der Waals surface area contributed by atoms with Crippen LogP contribution in [0.15, 0.2) is 67.1 Å². The van der Waals surface area contributed by atoms with Crippen LogP contribution in [0.4, 0.5) is 5.69 Å². The first kappa shape index (κ1) is 22.4. The second-order valence-electron chi connectivity index (χ2n) is 8.41. The molecule has 0 spiro atoms. The number of benzene rings is 1. The van der Waals surface area contributed by atoms with E-state index in [0.717, 1.165) is 5.56 Å². The SMILES string of the molecule is Cc1cccc(N(C(=O)c2ccc(Cl)nc2)C(C(N)=O)(c2ccncc2)C(C)(C)C)c1. The summed E-state index contributed by atoms with van der Waals surface area (Å²) in [6, 6.07) is 14.0. The Morgan fingerprint density at radius 1 is 1.03 bits per heavy atom. The second-order valence-corrected chi connectivity index (χ2v) is 8.80. The van der Waals surface area contributed by atoms with Gasteiger partial charge in [-0.2, -0.15) is 0 Å². The summed E-state index contributed by atoms with van der Waals surface area (Å²) in [6.45, 7) is 7.57. The Hall–Kier alpha value is -3.25. The second kappa shape index (κ2) is 8.47. The third-order valence-corrected chi connectivity index (χ3v) is 5.54. The Morgan fingerprint density at radius 2 is 1.71 bits per heavy atom. The fourth-order valence-corrected chi connectivity index (χ4v) is 4.09. The molecule has 1 atom stereocenters. The number of anilines is 1. The lowest BCUT2D eigenvalue weighted by molar-refractivity contribution is -0.127. The van der Waals surface area contributed by atoms with E-state index in [1.807, 2.05) is 45.9 Å². The van der Waals surface area contributed by atoms with E-state index < -0.39 is 22.8 Å². The summed E-state index contributed by atoms with van der Waals surface area (Å²) in [5, 5.41) is 0.268. The molecule has 2 N–H and O–H groups in total. The lowest BCUT2D eigenvalue weighted by Crippen LogP contribution is -2.64. The largest absolute Gasteiger partial charge is 0.367 e. The van der Waals surface area contributed by atoms with E-state index in [0.29, 0.717) is 11.3 Å². The highest BCUT2D eigenvalue weighted by Gasteiger charge is 2.56. The van der Waals surface area contributed by atoms with Crippen molar-refractivity contribution >= 4 is 29.1 Å². The lowest BCUT2D eigenvalue weighted by atomic mass is 9.67. The predicted octanol–water partition coefficient (Wildman–Crippen LogP) is 4.51. The average molecular weight is 437 g/mol. The van der Waals surface area contributed by atoms with Gasteiger partial charge in [0.2, 0.25) is 5.91 Å². The molecule has 2 amide bonds. The summed E-state index contributed by atoms with van der Waals surface area (Å²) < 4.78 is 0. The van der Waals surface area contributed by atoms with Crippen LogP contribution in [-0.4, -0.2) is 21.8 Å². The number of hydrogen-bond acceptors (Lipinski definition) is 4. The number of carbonyl (C=O) groups excluding carboxylic acids is 2. The van der Waals surface area contributed by atoms with Crippen molar-refractivity contribution in [3.8, 4) is 0 Å². The van der Waals surface area contributed by atoms with E-state index >= 15 is 0 Å². The molecule has 6 nitrogen and oxygen atoms in total. The number of rotatable bonds is 5. The lowest BCUT2D eigenvalue weighted by Gasteiger charge is -2.50. The number of nitrogens with zero attached hydrogens (tertiary/aromatic N) is 3. The molecule has 7 heteroatoms. The molecule has 0 aliphatic carbocycles.